The van der Waals surface area contributed by atoms with Crippen LogP contribution in [-0.4, -0.2) is 57.0 Å². The first-order valence-corrected chi connectivity index (χ1v) is 12.1. The maximum absolute atomic E-state index is 13.5. The monoisotopic (exact) mass is 504 g/mol. The second-order valence-corrected chi connectivity index (χ2v) is 9.79. The molecule has 0 radical (unpaired) electrons. The fourth-order valence-electron chi connectivity index (χ4n) is 3.44. The highest BCUT2D eigenvalue weighted by atomic mass is 31.2. The molecule has 35 heavy (non-hydrogen) atoms. The van der Waals surface area contributed by atoms with Crippen LogP contribution in [0.4, 0.5) is 5.95 Å². The molecule has 4 rings (SSSR count). The normalized spacial score (nSPS) is 20.9. The largest absolute Gasteiger partial charge is 0.468 e. The van der Waals surface area contributed by atoms with Gasteiger partial charge in [-0.25, -0.2) is 9.55 Å². The maximum atomic E-state index is 13.5. The summed E-state index contributed by atoms with van der Waals surface area (Å²) in [6.07, 6.45) is 3.48. The number of methoxy groups -OCH3 is 1. The van der Waals surface area contributed by atoms with Crippen molar-refractivity contribution in [1.29, 1.82) is 0 Å². The first kappa shape index (κ1) is 24.6. The van der Waals surface area contributed by atoms with E-state index in [2.05, 4.69) is 24.8 Å². The molecule has 0 bridgehead atoms. The number of benzene rings is 1. The molecule has 1 aliphatic rings. The third-order valence-electron chi connectivity index (χ3n) is 5.52. The Labute approximate surface area is 199 Å². The van der Waals surface area contributed by atoms with Crippen LogP contribution in [0, 0.1) is 5.41 Å². The zero-order valence-electron chi connectivity index (χ0n) is 19.0. The Hall–Kier alpha value is -3.51. The van der Waals surface area contributed by atoms with Crippen molar-refractivity contribution < 1.29 is 28.3 Å². The number of aromatic amines is 1. The Morgan fingerprint density at radius 2 is 2.17 bits per heavy atom. The number of H-pyrrole nitrogens is 1. The highest BCUT2D eigenvalue weighted by Crippen LogP contribution is 2.56. The first-order valence-electron chi connectivity index (χ1n) is 10.6. The highest BCUT2D eigenvalue weighted by Gasteiger charge is 2.51. The second-order valence-electron chi connectivity index (χ2n) is 8.09. The molecule has 1 aromatic carbocycles. The number of carbonyl (C=O) groups excluding carboxylic acids is 1. The van der Waals surface area contributed by atoms with Crippen molar-refractivity contribution in [1.82, 2.24) is 24.6 Å². The lowest BCUT2D eigenvalue weighted by molar-refractivity contribution is -0.142. The average molecular weight is 504 g/mol. The summed E-state index contributed by atoms with van der Waals surface area (Å²) in [5.41, 5.74) is 5.43. The Morgan fingerprint density at radius 3 is 2.86 bits per heavy atom. The van der Waals surface area contributed by atoms with Gasteiger partial charge in [0.05, 0.1) is 20.3 Å². The summed E-state index contributed by atoms with van der Waals surface area (Å²) in [6.45, 7) is 0.980. The summed E-state index contributed by atoms with van der Waals surface area (Å²) < 4.78 is 31.0. The quantitative estimate of drug-likeness (QED) is 0.230. The highest BCUT2D eigenvalue weighted by molar-refractivity contribution is 7.52. The molecule has 0 amide bonds. The van der Waals surface area contributed by atoms with Crippen molar-refractivity contribution in [2.45, 2.75) is 19.4 Å². The third kappa shape index (κ3) is 5.28. The van der Waals surface area contributed by atoms with Crippen molar-refractivity contribution in [2.24, 2.45) is 5.41 Å². The van der Waals surface area contributed by atoms with Gasteiger partial charge in [0.1, 0.15) is 18.1 Å². The van der Waals surface area contributed by atoms with Crippen LogP contribution in [0.3, 0.4) is 0 Å². The van der Waals surface area contributed by atoms with Gasteiger partial charge in [-0.05, 0) is 31.1 Å². The van der Waals surface area contributed by atoms with Gasteiger partial charge in [-0.15, -0.1) is 0 Å². The fourth-order valence-corrected chi connectivity index (χ4v) is 5.02. The molecule has 3 aromatic rings. The minimum absolute atomic E-state index is 0.0556. The first-order chi connectivity index (χ1) is 16.7. The third-order valence-corrected chi connectivity index (χ3v) is 7.14. The summed E-state index contributed by atoms with van der Waals surface area (Å²) in [6, 6.07) is 7.36. The number of nitrogens with two attached hydrogens (primary N) is 1. The molecule has 1 saturated carbocycles. The number of esters is 1. The van der Waals surface area contributed by atoms with E-state index in [-0.39, 0.29) is 36.1 Å². The molecule has 1 aliphatic carbocycles. The topological polar surface area (TPSA) is 184 Å². The lowest BCUT2D eigenvalue weighted by Gasteiger charge is -2.24. The summed E-state index contributed by atoms with van der Waals surface area (Å²) in [5.74, 6) is -0.438. The van der Waals surface area contributed by atoms with Crippen molar-refractivity contribution in [3.8, 4) is 5.75 Å². The summed E-state index contributed by atoms with van der Waals surface area (Å²) in [5, 5.41) is 12.7. The van der Waals surface area contributed by atoms with Crippen LogP contribution < -0.4 is 20.9 Å². The molecule has 2 aromatic heterocycles. The van der Waals surface area contributed by atoms with Crippen molar-refractivity contribution in [3.63, 3.8) is 0 Å². The van der Waals surface area contributed by atoms with Gasteiger partial charge in [0.25, 0.3) is 5.56 Å². The van der Waals surface area contributed by atoms with E-state index in [0.29, 0.717) is 6.42 Å². The Morgan fingerprint density at radius 1 is 1.43 bits per heavy atom. The molecule has 0 aliphatic heterocycles. The number of anilines is 1. The number of aliphatic hydroxyl groups excluding tert-OH is 1. The lowest BCUT2D eigenvalue weighted by atomic mass is 10.1. The van der Waals surface area contributed by atoms with Crippen LogP contribution in [0.2, 0.25) is 0 Å². The Balaban J connectivity index is 1.55. The van der Waals surface area contributed by atoms with Crippen LogP contribution in [-0.2, 0) is 18.6 Å². The van der Waals surface area contributed by atoms with E-state index in [0.717, 1.165) is 5.57 Å². The molecule has 186 valence electrons. The number of hydrogen-bond acceptors (Lipinski definition) is 10. The molecule has 5 N–H and O–H groups in total. The van der Waals surface area contributed by atoms with Crippen molar-refractivity contribution in [2.75, 3.05) is 26.1 Å². The number of aromatic nitrogens is 4. The number of ether oxygens (including phenoxy) is 1. The number of rotatable bonds is 10. The van der Waals surface area contributed by atoms with E-state index in [1.54, 1.807) is 36.5 Å². The minimum atomic E-state index is -4.07. The number of fused-ring (bicyclic) bond motifs is 1. The van der Waals surface area contributed by atoms with Gasteiger partial charge in [-0.1, -0.05) is 18.2 Å². The number of hydrogen-bond donors (Lipinski definition) is 4. The Bertz CT molecular complexity index is 1370. The van der Waals surface area contributed by atoms with Crippen LogP contribution in [0.25, 0.3) is 17.4 Å². The van der Waals surface area contributed by atoms with E-state index >= 15 is 0 Å². The van der Waals surface area contributed by atoms with Crippen LogP contribution in [0.1, 0.15) is 13.3 Å². The molecule has 0 spiro atoms. The molecule has 0 saturated heterocycles. The zero-order valence-corrected chi connectivity index (χ0v) is 19.9. The number of carbonyl (C=O) groups is 1. The van der Waals surface area contributed by atoms with Crippen molar-refractivity contribution in [3.05, 3.63) is 52.6 Å². The molecule has 3 atom stereocenters. The minimum Gasteiger partial charge on any atom is -0.468 e. The standard InChI is InChI=1S/C21H25N6O7P/c1-13(19(30)32-2)26-35(31,34-15-6-4-3-5-7-15)33-11-21(10-28)8-14(21)9-27-12-23-16-17(27)24-20(22)25-18(16)29/h3-7,9,12-13,28H,8,10-11H2,1-2H3,(H,26,31)(H3,22,24,25,29)/b14-9-. The van der Waals surface area contributed by atoms with Gasteiger partial charge < -0.3 is 20.1 Å². The van der Waals surface area contributed by atoms with Gasteiger partial charge in [-0.2, -0.15) is 10.1 Å². The predicted octanol–water partition coefficient (Wildman–Crippen LogP) is 1.28. The summed E-state index contributed by atoms with van der Waals surface area (Å²) >= 11 is 0. The van der Waals surface area contributed by atoms with E-state index < -0.39 is 30.7 Å². The predicted molar refractivity (Wildman–Crippen MR) is 126 cm³/mol. The Kier molecular flexibility index (Phi) is 6.77. The van der Waals surface area contributed by atoms with Crippen LogP contribution in [0.15, 0.2) is 47.0 Å². The van der Waals surface area contributed by atoms with Crippen molar-refractivity contribution >= 4 is 37.0 Å². The molecule has 2 heterocycles. The van der Waals surface area contributed by atoms with Gasteiger partial charge in [0, 0.05) is 11.6 Å². The van der Waals surface area contributed by atoms with Crippen LogP contribution >= 0.6 is 7.75 Å². The fraction of sp³-hybridized carbons (Fsp3) is 0.333. The van der Waals surface area contributed by atoms with E-state index in [4.69, 9.17) is 14.8 Å². The number of aliphatic hydroxyl groups is 1. The molecular formula is C21H25N6O7P. The number of nitrogens with zero attached hydrogens (tertiary/aromatic N) is 3. The summed E-state index contributed by atoms with van der Waals surface area (Å²) in [4.78, 5) is 34.4. The van der Waals surface area contributed by atoms with E-state index in [1.807, 2.05) is 0 Å². The van der Waals surface area contributed by atoms with Gasteiger partial charge in [0.15, 0.2) is 11.2 Å². The number of nitrogens with one attached hydrogen (secondary N) is 2. The lowest BCUT2D eigenvalue weighted by Crippen LogP contribution is -2.35. The average Bonchev–Trinajstić information content (AvgIpc) is 3.38. The number of imidazole rings is 1. The van der Waals surface area contributed by atoms with Crippen LogP contribution in [0.5, 0.6) is 5.75 Å². The SMILES string of the molecule is COC(=O)C(C)NP(=O)(OCC1(CO)C/C1=C/n1cnc2c(=O)[nH]c(N)nc21)Oc1ccccc1. The van der Waals surface area contributed by atoms with Gasteiger partial charge in [-0.3, -0.25) is 23.7 Å². The van der Waals surface area contributed by atoms with Gasteiger partial charge >= 0.3 is 13.7 Å². The van der Waals surface area contributed by atoms with Gasteiger partial charge in [0.2, 0.25) is 5.95 Å². The second kappa shape index (κ2) is 9.62. The smallest absolute Gasteiger partial charge is 0.459 e. The molecule has 1 fully saturated rings. The molecule has 13 nitrogen and oxygen atoms in total. The number of para-hydroxylation sites is 1. The molecule has 3 unspecified atom stereocenters. The summed E-state index contributed by atoms with van der Waals surface area (Å²) in [7, 11) is -2.86. The number of nitrogen functional groups attached to an aromatic ring is 1. The van der Waals surface area contributed by atoms with E-state index in [1.165, 1.54) is 24.9 Å². The maximum Gasteiger partial charge on any atom is 0.459 e. The zero-order chi connectivity index (χ0) is 25.2. The molecule has 14 heteroatoms. The van der Waals surface area contributed by atoms with E-state index in [9.17, 15) is 19.3 Å². The molecular weight excluding hydrogens is 479 g/mol.